The highest BCUT2D eigenvalue weighted by Crippen LogP contribution is 2.30. The molecule has 5 nitrogen and oxygen atoms in total. The van der Waals surface area contributed by atoms with Crippen LogP contribution in [0.25, 0.3) is 15.9 Å². The molecule has 4 rings (SSSR count). The summed E-state index contributed by atoms with van der Waals surface area (Å²) in [5.74, 6) is 0. The number of nitrogens with zero attached hydrogens (tertiary/aromatic N) is 3. The lowest BCUT2D eigenvalue weighted by Gasteiger charge is -2.02. The summed E-state index contributed by atoms with van der Waals surface area (Å²) in [7, 11) is 0. The van der Waals surface area contributed by atoms with Gasteiger partial charge in [-0.1, -0.05) is 39.4 Å². The Kier molecular flexibility index (Phi) is 4.34. The van der Waals surface area contributed by atoms with Gasteiger partial charge in [-0.25, -0.2) is 14.7 Å². The van der Waals surface area contributed by atoms with Crippen molar-refractivity contribution >= 4 is 48.8 Å². The van der Waals surface area contributed by atoms with E-state index in [2.05, 4.69) is 31.0 Å². The van der Waals surface area contributed by atoms with Crippen LogP contribution in [0.3, 0.4) is 0 Å². The molecule has 0 atom stereocenters. The Morgan fingerprint density at radius 2 is 2.08 bits per heavy atom. The fourth-order valence-electron chi connectivity index (χ4n) is 2.72. The van der Waals surface area contributed by atoms with E-state index in [9.17, 15) is 4.79 Å². The van der Waals surface area contributed by atoms with Gasteiger partial charge in [0.2, 0.25) is 5.13 Å². The largest absolute Gasteiger partial charge is 0.295 e. The van der Waals surface area contributed by atoms with Crippen molar-refractivity contribution in [1.29, 1.82) is 0 Å². The van der Waals surface area contributed by atoms with Gasteiger partial charge in [0.15, 0.2) is 0 Å². The first kappa shape index (κ1) is 16.9. The lowest BCUT2D eigenvalue weighted by molar-refractivity contribution is 0.834. The van der Waals surface area contributed by atoms with Crippen molar-refractivity contribution < 1.29 is 0 Å². The van der Waals surface area contributed by atoms with Crippen LogP contribution in [-0.2, 0) is 0 Å². The maximum atomic E-state index is 12.8. The third-order valence-electron chi connectivity index (χ3n) is 4.02. The number of hydrogen-bond acceptors (Lipinski definition) is 4. The molecule has 0 radical (unpaired) electrons. The van der Waals surface area contributed by atoms with Crippen LogP contribution in [0, 0.1) is 13.8 Å². The molecule has 0 aliphatic rings. The Hall–Kier alpha value is -2.51. The number of thiazole rings is 1. The van der Waals surface area contributed by atoms with Crippen molar-refractivity contribution in [3.8, 4) is 5.69 Å². The highest BCUT2D eigenvalue weighted by Gasteiger charge is 2.11. The van der Waals surface area contributed by atoms with Gasteiger partial charge >= 0.3 is 0 Å². The van der Waals surface area contributed by atoms with Crippen molar-refractivity contribution in [1.82, 2.24) is 14.8 Å². The SMILES string of the molecule is Cc1cccc(-n2[nH]c(C)c(C=Nc3nc4ccc(Br)cc4s3)c2=O)c1. The molecule has 0 bridgehead atoms. The molecule has 0 fully saturated rings. The lowest BCUT2D eigenvalue weighted by Crippen LogP contribution is -2.17. The van der Waals surface area contributed by atoms with Crippen molar-refractivity contribution in [3.05, 3.63) is 74.1 Å². The molecule has 130 valence electrons. The molecule has 26 heavy (non-hydrogen) atoms. The molecule has 0 saturated heterocycles. The standard InChI is InChI=1S/C19H15BrN4OS/c1-11-4-3-5-14(8-11)24-18(25)15(12(2)23-24)10-21-19-22-16-7-6-13(20)9-17(16)26-19/h3-10,23H,1-2H3. The smallest absolute Gasteiger partial charge is 0.280 e. The van der Waals surface area contributed by atoms with Gasteiger partial charge in [-0.05, 0) is 49.7 Å². The molecule has 2 heterocycles. The van der Waals surface area contributed by atoms with Crippen LogP contribution in [0.15, 0.2) is 56.7 Å². The Labute approximate surface area is 162 Å². The summed E-state index contributed by atoms with van der Waals surface area (Å²) >= 11 is 4.95. The summed E-state index contributed by atoms with van der Waals surface area (Å²) in [6, 6.07) is 13.7. The van der Waals surface area contributed by atoms with Crippen LogP contribution in [-0.4, -0.2) is 21.0 Å². The molecule has 0 aliphatic heterocycles. The number of aryl methyl sites for hydroxylation is 2. The predicted molar refractivity (Wildman–Crippen MR) is 110 cm³/mol. The number of benzene rings is 2. The highest BCUT2D eigenvalue weighted by molar-refractivity contribution is 9.10. The minimum Gasteiger partial charge on any atom is -0.295 e. The van der Waals surface area contributed by atoms with Crippen LogP contribution in [0.5, 0.6) is 0 Å². The Bertz CT molecular complexity index is 1200. The van der Waals surface area contributed by atoms with Crippen molar-refractivity contribution in [2.75, 3.05) is 0 Å². The zero-order chi connectivity index (χ0) is 18.3. The summed E-state index contributed by atoms with van der Waals surface area (Å²) in [6.07, 6.45) is 1.59. The quantitative estimate of drug-likeness (QED) is 0.473. The third kappa shape index (κ3) is 3.15. The lowest BCUT2D eigenvalue weighted by atomic mass is 10.2. The maximum absolute atomic E-state index is 12.8. The summed E-state index contributed by atoms with van der Waals surface area (Å²) in [5.41, 5.74) is 3.98. The van der Waals surface area contributed by atoms with Gasteiger partial charge in [-0.2, -0.15) is 0 Å². The molecule has 0 unspecified atom stereocenters. The van der Waals surface area contributed by atoms with E-state index >= 15 is 0 Å². The molecule has 7 heteroatoms. The van der Waals surface area contributed by atoms with E-state index in [0.717, 1.165) is 31.6 Å². The summed E-state index contributed by atoms with van der Waals surface area (Å²) in [5, 5.41) is 3.74. The first-order valence-electron chi connectivity index (χ1n) is 8.00. The highest BCUT2D eigenvalue weighted by atomic mass is 79.9. The topological polar surface area (TPSA) is 63.0 Å². The fourth-order valence-corrected chi connectivity index (χ4v) is 4.08. The van der Waals surface area contributed by atoms with Gasteiger partial charge in [-0.3, -0.25) is 9.89 Å². The molecule has 0 aliphatic carbocycles. The van der Waals surface area contributed by atoms with Crippen LogP contribution >= 0.6 is 27.3 Å². The number of hydrogen-bond donors (Lipinski definition) is 1. The molecular weight excluding hydrogens is 412 g/mol. The van der Waals surface area contributed by atoms with Crippen molar-refractivity contribution in [2.24, 2.45) is 4.99 Å². The van der Waals surface area contributed by atoms with Gasteiger partial charge in [0.25, 0.3) is 5.56 Å². The van der Waals surface area contributed by atoms with Gasteiger partial charge in [0.1, 0.15) is 0 Å². The van der Waals surface area contributed by atoms with E-state index in [4.69, 9.17) is 0 Å². The van der Waals surface area contributed by atoms with E-state index in [1.165, 1.54) is 11.3 Å². The molecule has 0 saturated carbocycles. The van der Waals surface area contributed by atoms with Gasteiger partial charge in [0.05, 0.1) is 21.5 Å². The van der Waals surface area contributed by atoms with Gasteiger partial charge < -0.3 is 0 Å². The first-order valence-corrected chi connectivity index (χ1v) is 9.61. The normalized spacial score (nSPS) is 11.7. The second kappa shape index (κ2) is 6.66. The third-order valence-corrected chi connectivity index (χ3v) is 5.44. The number of aromatic nitrogens is 3. The van der Waals surface area contributed by atoms with E-state index in [1.807, 2.05) is 56.3 Å². The van der Waals surface area contributed by atoms with Crippen molar-refractivity contribution in [3.63, 3.8) is 0 Å². The van der Waals surface area contributed by atoms with Crippen LogP contribution < -0.4 is 5.56 Å². The Morgan fingerprint density at radius 3 is 2.88 bits per heavy atom. The number of fused-ring (bicyclic) bond motifs is 1. The number of rotatable bonds is 3. The van der Waals surface area contributed by atoms with E-state index in [1.54, 1.807) is 10.9 Å². The average Bonchev–Trinajstić information content (AvgIpc) is 3.13. The zero-order valence-electron chi connectivity index (χ0n) is 14.2. The molecule has 2 aromatic heterocycles. The fraction of sp³-hybridized carbons (Fsp3) is 0.105. The van der Waals surface area contributed by atoms with Crippen LogP contribution in [0.1, 0.15) is 16.8 Å². The monoisotopic (exact) mass is 426 g/mol. The maximum Gasteiger partial charge on any atom is 0.280 e. The Balaban J connectivity index is 1.71. The first-order chi connectivity index (χ1) is 12.5. The molecule has 0 spiro atoms. The summed E-state index contributed by atoms with van der Waals surface area (Å²) in [6.45, 7) is 3.86. The number of halogens is 1. The number of aromatic amines is 1. The summed E-state index contributed by atoms with van der Waals surface area (Å²) in [4.78, 5) is 21.7. The predicted octanol–water partition coefficient (Wildman–Crippen LogP) is 4.91. The molecule has 4 aromatic rings. The van der Waals surface area contributed by atoms with E-state index in [-0.39, 0.29) is 5.56 Å². The van der Waals surface area contributed by atoms with Crippen molar-refractivity contribution in [2.45, 2.75) is 13.8 Å². The molecule has 0 amide bonds. The zero-order valence-corrected chi connectivity index (χ0v) is 16.6. The number of aliphatic imine (C=N–C) groups is 1. The average molecular weight is 427 g/mol. The molecule has 1 N–H and O–H groups in total. The Morgan fingerprint density at radius 1 is 1.23 bits per heavy atom. The number of nitrogens with one attached hydrogen (secondary N) is 1. The molecular formula is C19H15BrN4OS. The second-order valence-corrected chi connectivity index (χ2v) is 7.92. The second-order valence-electron chi connectivity index (χ2n) is 6.00. The van der Waals surface area contributed by atoms with E-state index in [0.29, 0.717) is 10.7 Å². The molecule has 2 aromatic carbocycles. The minimum atomic E-state index is -0.124. The van der Waals surface area contributed by atoms with Gasteiger partial charge in [0, 0.05) is 16.4 Å². The summed E-state index contributed by atoms with van der Waals surface area (Å²) < 4.78 is 3.60. The van der Waals surface area contributed by atoms with Gasteiger partial charge in [-0.15, -0.1) is 0 Å². The van der Waals surface area contributed by atoms with E-state index < -0.39 is 0 Å². The van der Waals surface area contributed by atoms with Crippen LogP contribution in [0.4, 0.5) is 5.13 Å². The minimum absolute atomic E-state index is 0.124. The van der Waals surface area contributed by atoms with Crippen LogP contribution in [0.2, 0.25) is 0 Å². The number of H-pyrrole nitrogens is 1.